The van der Waals surface area contributed by atoms with Crippen LogP contribution in [0.5, 0.6) is 0 Å². The molecule has 0 saturated carbocycles. The average Bonchev–Trinajstić information content (AvgIpc) is 3.10. The van der Waals surface area contributed by atoms with Crippen molar-refractivity contribution in [2.45, 2.75) is 41.5 Å². The molecule has 3 aromatic rings. The molecule has 0 aliphatic rings. The number of aromatic nitrogens is 2. The molecule has 0 spiro atoms. The van der Waals surface area contributed by atoms with Gasteiger partial charge in [-0.3, -0.25) is 0 Å². The third-order valence-corrected chi connectivity index (χ3v) is 5.43. The van der Waals surface area contributed by atoms with E-state index in [4.69, 9.17) is 4.52 Å². The molecule has 1 heterocycles. The van der Waals surface area contributed by atoms with Crippen LogP contribution in [0.1, 0.15) is 43.7 Å². The molecule has 3 rings (SSSR count). The van der Waals surface area contributed by atoms with Gasteiger partial charge >= 0.3 is 5.97 Å². The molecule has 0 bridgehead atoms. The van der Waals surface area contributed by atoms with E-state index in [1.165, 1.54) is 6.07 Å². The van der Waals surface area contributed by atoms with Crippen LogP contribution < -0.4 is 0 Å². The molecule has 0 atom stereocenters. The van der Waals surface area contributed by atoms with Crippen molar-refractivity contribution in [2.75, 3.05) is 0 Å². The monoisotopic (exact) mass is 368 g/mol. The lowest BCUT2D eigenvalue weighted by atomic mass is 9.93. The van der Waals surface area contributed by atoms with Crippen LogP contribution >= 0.6 is 0 Å². The molecule has 27 heavy (non-hydrogen) atoms. The molecule has 0 fully saturated rings. The van der Waals surface area contributed by atoms with E-state index in [2.05, 4.69) is 10.1 Å². The zero-order valence-corrected chi connectivity index (χ0v) is 16.2. The minimum Gasteiger partial charge on any atom is -0.478 e. The Hall–Kier alpha value is -3.02. The Labute approximate surface area is 156 Å². The van der Waals surface area contributed by atoms with Gasteiger partial charge in [0.15, 0.2) is 0 Å². The Morgan fingerprint density at radius 3 is 2.22 bits per heavy atom. The van der Waals surface area contributed by atoms with Crippen LogP contribution in [0.3, 0.4) is 0 Å². The van der Waals surface area contributed by atoms with Crippen molar-refractivity contribution < 1.29 is 18.8 Å². The first-order valence-electron chi connectivity index (χ1n) is 8.58. The van der Waals surface area contributed by atoms with Gasteiger partial charge in [-0.05, 0) is 87.1 Å². The van der Waals surface area contributed by atoms with Gasteiger partial charge in [0.25, 0.3) is 5.89 Å². The quantitative estimate of drug-likeness (QED) is 0.697. The first kappa shape index (κ1) is 18.8. The second-order valence-corrected chi connectivity index (χ2v) is 6.88. The highest BCUT2D eigenvalue weighted by Crippen LogP contribution is 2.32. The smallest absolute Gasteiger partial charge is 0.335 e. The molecule has 0 aliphatic heterocycles. The molecular weight excluding hydrogens is 347 g/mol. The van der Waals surface area contributed by atoms with Crippen molar-refractivity contribution >= 4 is 5.97 Å². The number of aromatic carboxylic acids is 1. The summed E-state index contributed by atoms with van der Waals surface area (Å²) in [6.07, 6.45) is 0. The fraction of sp³-hybridized carbons (Fsp3) is 0.286. The summed E-state index contributed by atoms with van der Waals surface area (Å²) < 4.78 is 20.0. The number of halogens is 1. The average molecular weight is 368 g/mol. The van der Waals surface area contributed by atoms with Crippen molar-refractivity contribution in [3.8, 4) is 22.8 Å². The molecule has 5 nitrogen and oxygen atoms in total. The fourth-order valence-corrected chi connectivity index (χ4v) is 3.15. The molecule has 1 N–H and O–H groups in total. The Balaban J connectivity index is 2.17. The standard InChI is InChI=1S/C21H21FN2O3/c1-9-7-17(18(22)14(6)10(9)2)20-23-19(24-27-20)15-8-16(21(25)26)13(5)11(3)12(15)4/h7-8H,1-6H3,(H,25,26). The first-order valence-corrected chi connectivity index (χ1v) is 8.58. The summed E-state index contributed by atoms with van der Waals surface area (Å²) in [5.41, 5.74) is 5.76. The van der Waals surface area contributed by atoms with Gasteiger partial charge in [0.2, 0.25) is 5.82 Å². The molecule has 1 aromatic heterocycles. The molecule has 2 aromatic carbocycles. The number of rotatable bonds is 3. The number of benzene rings is 2. The normalized spacial score (nSPS) is 11.1. The zero-order chi connectivity index (χ0) is 20.0. The summed E-state index contributed by atoms with van der Waals surface area (Å²) in [4.78, 5) is 15.9. The van der Waals surface area contributed by atoms with E-state index in [-0.39, 0.29) is 22.8 Å². The minimum atomic E-state index is -1.02. The number of carboxylic acid groups (broad SMARTS) is 1. The molecule has 140 valence electrons. The lowest BCUT2D eigenvalue weighted by molar-refractivity contribution is 0.0696. The highest BCUT2D eigenvalue weighted by Gasteiger charge is 2.21. The van der Waals surface area contributed by atoms with Gasteiger partial charge in [-0.1, -0.05) is 5.16 Å². The topological polar surface area (TPSA) is 76.2 Å². The first-order chi connectivity index (χ1) is 12.6. The molecule has 0 amide bonds. The van der Waals surface area contributed by atoms with E-state index in [1.54, 1.807) is 19.9 Å². The summed E-state index contributed by atoms with van der Waals surface area (Å²) in [5, 5.41) is 13.4. The van der Waals surface area contributed by atoms with E-state index in [0.717, 1.165) is 22.3 Å². The van der Waals surface area contributed by atoms with E-state index in [1.807, 2.05) is 27.7 Å². The van der Waals surface area contributed by atoms with Gasteiger partial charge in [-0.15, -0.1) is 0 Å². The lowest BCUT2D eigenvalue weighted by Gasteiger charge is -2.12. The van der Waals surface area contributed by atoms with Crippen LogP contribution in [0.4, 0.5) is 4.39 Å². The lowest BCUT2D eigenvalue weighted by Crippen LogP contribution is -2.04. The highest BCUT2D eigenvalue weighted by molar-refractivity contribution is 5.92. The van der Waals surface area contributed by atoms with Crippen LogP contribution in [0.2, 0.25) is 0 Å². The number of hydrogen-bond acceptors (Lipinski definition) is 4. The highest BCUT2D eigenvalue weighted by atomic mass is 19.1. The van der Waals surface area contributed by atoms with Crippen molar-refractivity contribution in [3.05, 3.63) is 56.9 Å². The third-order valence-electron chi connectivity index (χ3n) is 5.43. The summed E-state index contributed by atoms with van der Waals surface area (Å²) in [6, 6.07) is 3.22. The minimum absolute atomic E-state index is 0.0724. The van der Waals surface area contributed by atoms with E-state index in [9.17, 15) is 14.3 Å². The second-order valence-electron chi connectivity index (χ2n) is 6.88. The van der Waals surface area contributed by atoms with Gasteiger partial charge in [-0.25, -0.2) is 9.18 Å². The fourth-order valence-electron chi connectivity index (χ4n) is 3.15. The Kier molecular flexibility index (Phi) is 4.59. The third kappa shape index (κ3) is 3.01. The number of aryl methyl sites for hydroxylation is 1. The molecule has 6 heteroatoms. The van der Waals surface area contributed by atoms with Gasteiger partial charge in [0.1, 0.15) is 5.82 Å². The van der Waals surface area contributed by atoms with Crippen molar-refractivity contribution in [1.82, 2.24) is 10.1 Å². The van der Waals surface area contributed by atoms with E-state index in [0.29, 0.717) is 16.7 Å². The maximum Gasteiger partial charge on any atom is 0.335 e. The van der Waals surface area contributed by atoms with E-state index >= 15 is 0 Å². The van der Waals surface area contributed by atoms with Crippen LogP contribution in [0.25, 0.3) is 22.8 Å². The van der Waals surface area contributed by atoms with Crippen LogP contribution in [0.15, 0.2) is 16.7 Å². The van der Waals surface area contributed by atoms with E-state index < -0.39 is 11.8 Å². The van der Waals surface area contributed by atoms with Gasteiger partial charge in [0.05, 0.1) is 11.1 Å². The van der Waals surface area contributed by atoms with Crippen LogP contribution in [-0.4, -0.2) is 21.2 Å². The summed E-state index contributed by atoms with van der Waals surface area (Å²) in [5.74, 6) is -1.10. The Bertz CT molecular complexity index is 1080. The largest absolute Gasteiger partial charge is 0.478 e. The molecular formula is C21H21FN2O3. The maximum absolute atomic E-state index is 14.7. The Morgan fingerprint density at radius 2 is 1.59 bits per heavy atom. The molecule has 0 saturated heterocycles. The predicted molar refractivity (Wildman–Crippen MR) is 101 cm³/mol. The van der Waals surface area contributed by atoms with Gasteiger partial charge in [-0.2, -0.15) is 4.98 Å². The molecule has 0 unspecified atom stereocenters. The summed E-state index contributed by atoms with van der Waals surface area (Å²) in [7, 11) is 0. The predicted octanol–water partition coefficient (Wildman–Crippen LogP) is 5.09. The van der Waals surface area contributed by atoms with Crippen LogP contribution in [0, 0.1) is 47.4 Å². The summed E-state index contributed by atoms with van der Waals surface area (Å²) in [6.45, 7) is 11.0. The summed E-state index contributed by atoms with van der Waals surface area (Å²) >= 11 is 0. The molecule has 0 aliphatic carbocycles. The Morgan fingerprint density at radius 1 is 0.926 bits per heavy atom. The number of carboxylic acids is 1. The number of hydrogen-bond donors (Lipinski definition) is 1. The van der Waals surface area contributed by atoms with Gasteiger partial charge in [0, 0.05) is 5.56 Å². The number of nitrogens with zero attached hydrogens (tertiary/aromatic N) is 2. The number of carbonyl (C=O) groups is 1. The van der Waals surface area contributed by atoms with Crippen molar-refractivity contribution in [1.29, 1.82) is 0 Å². The molecule has 0 radical (unpaired) electrons. The maximum atomic E-state index is 14.7. The van der Waals surface area contributed by atoms with Crippen molar-refractivity contribution in [3.63, 3.8) is 0 Å². The van der Waals surface area contributed by atoms with Crippen molar-refractivity contribution in [2.24, 2.45) is 0 Å². The van der Waals surface area contributed by atoms with Gasteiger partial charge < -0.3 is 9.63 Å². The zero-order valence-electron chi connectivity index (χ0n) is 16.2. The van der Waals surface area contributed by atoms with Crippen LogP contribution in [-0.2, 0) is 0 Å². The SMILES string of the molecule is Cc1cc(-c2nc(-c3cc(C(=O)O)c(C)c(C)c3C)no2)c(F)c(C)c1C. The second kappa shape index (κ2) is 6.61.